The summed E-state index contributed by atoms with van der Waals surface area (Å²) in [4.78, 5) is 12.3. The second kappa shape index (κ2) is 8.29. The van der Waals surface area contributed by atoms with E-state index in [0.717, 1.165) is 11.3 Å². The Labute approximate surface area is 181 Å². The molecule has 1 aromatic heterocycles. The van der Waals surface area contributed by atoms with Crippen molar-refractivity contribution >= 4 is 49.1 Å². The highest BCUT2D eigenvalue weighted by Gasteiger charge is 2.20. The number of halogens is 1. The minimum absolute atomic E-state index is 0.00185. The van der Waals surface area contributed by atoms with Gasteiger partial charge in [-0.1, -0.05) is 22.9 Å². The van der Waals surface area contributed by atoms with Crippen LogP contribution in [0.15, 0.2) is 45.7 Å². The number of hydrogen-bond donors (Lipinski definition) is 0. The Morgan fingerprint density at radius 2 is 1.87 bits per heavy atom. The Kier molecular flexibility index (Phi) is 5.72. The number of hydrogen-bond acceptors (Lipinski definition) is 7. The molecule has 0 N–H and O–H groups in total. The molecular formula is C19H17ClN2O6S2. The van der Waals surface area contributed by atoms with E-state index in [1.807, 2.05) is 0 Å². The average molecular weight is 469 g/mol. The minimum atomic E-state index is -4.03. The van der Waals surface area contributed by atoms with Crippen LogP contribution in [0.4, 0.5) is 0 Å². The van der Waals surface area contributed by atoms with Crippen molar-refractivity contribution in [3.8, 4) is 11.5 Å². The number of nitrogens with zero attached hydrogens (tertiary/aromatic N) is 2. The van der Waals surface area contributed by atoms with E-state index in [1.165, 1.54) is 28.8 Å². The number of rotatable bonds is 5. The molecule has 1 aliphatic rings. The van der Waals surface area contributed by atoms with Crippen LogP contribution in [-0.4, -0.2) is 38.8 Å². The van der Waals surface area contributed by atoms with E-state index in [2.05, 4.69) is 4.40 Å². The number of benzene rings is 2. The third kappa shape index (κ3) is 4.16. The Hall–Kier alpha value is -2.56. The number of aromatic nitrogens is 1. The van der Waals surface area contributed by atoms with Crippen molar-refractivity contribution in [3.63, 3.8) is 0 Å². The highest BCUT2D eigenvalue weighted by Crippen LogP contribution is 2.35. The highest BCUT2D eigenvalue weighted by atomic mass is 35.5. The van der Waals surface area contributed by atoms with Gasteiger partial charge in [-0.25, -0.2) is 0 Å². The monoisotopic (exact) mass is 468 g/mol. The number of ether oxygens (including phenoxy) is 3. The van der Waals surface area contributed by atoms with Crippen LogP contribution in [0.3, 0.4) is 0 Å². The molecule has 0 atom stereocenters. The first-order chi connectivity index (χ1) is 14.4. The first kappa shape index (κ1) is 20.7. The third-order valence-electron chi connectivity index (χ3n) is 4.25. The first-order valence-corrected chi connectivity index (χ1v) is 11.7. The lowest BCUT2D eigenvalue weighted by Gasteiger charge is -2.18. The summed E-state index contributed by atoms with van der Waals surface area (Å²) in [7, 11) is -4.03. The number of thiazole rings is 1. The zero-order chi connectivity index (χ0) is 21.3. The van der Waals surface area contributed by atoms with Crippen molar-refractivity contribution in [2.24, 2.45) is 4.40 Å². The molecule has 0 aliphatic carbocycles. The second-order valence-electron chi connectivity index (χ2n) is 6.26. The Morgan fingerprint density at radius 3 is 2.53 bits per heavy atom. The topological polar surface area (TPSA) is 96.2 Å². The van der Waals surface area contributed by atoms with E-state index in [0.29, 0.717) is 40.0 Å². The van der Waals surface area contributed by atoms with Gasteiger partial charge in [0.05, 0.1) is 21.7 Å². The fourth-order valence-electron chi connectivity index (χ4n) is 2.93. The third-order valence-corrected chi connectivity index (χ3v) is 6.94. The van der Waals surface area contributed by atoms with Gasteiger partial charge in [-0.3, -0.25) is 4.79 Å². The molecule has 158 valence electrons. The lowest BCUT2D eigenvalue weighted by Crippen LogP contribution is -2.23. The fraction of sp³-hybridized carbons (Fsp3) is 0.263. The van der Waals surface area contributed by atoms with E-state index in [-0.39, 0.29) is 22.8 Å². The molecule has 0 spiro atoms. The van der Waals surface area contributed by atoms with Gasteiger partial charge < -0.3 is 18.8 Å². The maximum atomic E-state index is 12.8. The molecule has 3 aromatic rings. The molecule has 2 aromatic carbocycles. The maximum absolute atomic E-state index is 12.8. The van der Waals surface area contributed by atoms with Gasteiger partial charge in [0.1, 0.15) is 19.8 Å². The van der Waals surface area contributed by atoms with Crippen molar-refractivity contribution in [2.45, 2.75) is 18.4 Å². The Bertz CT molecular complexity index is 1280. The van der Waals surface area contributed by atoms with E-state index in [9.17, 15) is 13.2 Å². The van der Waals surface area contributed by atoms with Gasteiger partial charge in [0, 0.05) is 17.2 Å². The van der Waals surface area contributed by atoms with Crippen molar-refractivity contribution in [3.05, 3.63) is 46.2 Å². The zero-order valence-electron chi connectivity index (χ0n) is 15.8. The maximum Gasteiger partial charge on any atom is 0.326 e. The largest absolute Gasteiger partial charge is 0.486 e. The summed E-state index contributed by atoms with van der Waals surface area (Å²) in [6.45, 7) is 2.55. The van der Waals surface area contributed by atoms with Gasteiger partial charge in [-0.15, -0.1) is 4.40 Å². The lowest BCUT2D eigenvalue weighted by molar-refractivity contribution is -0.143. The van der Waals surface area contributed by atoms with Gasteiger partial charge >= 0.3 is 5.97 Å². The summed E-state index contributed by atoms with van der Waals surface area (Å²) >= 11 is 6.98. The molecule has 0 amide bonds. The summed E-state index contributed by atoms with van der Waals surface area (Å²) in [5.74, 6) is 0.582. The molecule has 1 aliphatic heterocycles. The Morgan fingerprint density at radius 1 is 1.20 bits per heavy atom. The minimum Gasteiger partial charge on any atom is -0.486 e. The van der Waals surface area contributed by atoms with Gasteiger partial charge in [-0.05, 0) is 31.2 Å². The molecule has 4 rings (SSSR count). The molecule has 0 bridgehead atoms. The number of fused-ring (bicyclic) bond motifs is 2. The van der Waals surface area contributed by atoms with Crippen LogP contribution < -0.4 is 14.3 Å². The van der Waals surface area contributed by atoms with Crippen molar-refractivity contribution in [1.82, 2.24) is 4.57 Å². The van der Waals surface area contributed by atoms with Crippen LogP contribution in [0.1, 0.15) is 6.92 Å². The van der Waals surface area contributed by atoms with E-state index < -0.39 is 16.0 Å². The SMILES string of the molecule is CCOC(=O)Cn1/c(=N/S(=O)(=O)c2ccc(Cl)cc2)sc2cc3c(cc21)OCCO3. The van der Waals surface area contributed by atoms with E-state index in [1.54, 1.807) is 19.1 Å². The molecule has 0 saturated heterocycles. The molecule has 0 radical (unpaired) electrons. The molecule has 2 heterocycles. The summed E-state index contributed by atoms with van der Waals surface area (Å²) in [5.41, 5.74) is 0.599. The van der Waals surface area contributed by atoms with Gasteiger partial charge in [0.2, 0.25) is 4.80 Å². The summed E-state index contributed by atoms with van der Waals surface area (Å²) in [5, 5.41) is 0.416. The number of sulfonamides is 1. The molecular weight excluding hydrogens is 452 g/mol. The Balaban J connectivity index is 1.89. The summed E-state index contributed by atoms with van der Waals surface area (Å²) < 4.78 is 48.1. The van der Waals surface area contributed by atoms with Gasteiger partial charge in [0.25, 0.3) is 10.0 Å². The molecule has 0 unspecified atom stereocenters. The van der Waals surface area contributed by atoms with E-state index in [4.69, 9.17) is 25.8 Å². The quantitative estimate of drug-likeness (QED) is 0.534. The predicted molar refractivity (Wildman–Crippen MR) is 112 cm³/mol. The van der Waals surface area contributed by atoms with Crippen molar-refractivity contribution < 1.29 is 27.4 Å². The van der Waals surface area contributed by atoms with Crippen LogP contribution >= 0.6 is 22.9 Å². The molecule has 0 saturated carbocycles. The number of carbonyl (C=O) groups excluding carboxylic acids is 1. The fourth-order valence-corrected chi connectivity index (χ4v) is 5.30. The summed E-state index contributed by atoms with van der Waals surface area (Å²) in [6, 6.07) is 9.18. The average Bonchev–Trinajstić information content (AvgIpc) is 3.02. The van der Waals surface area contributed by atoms with Gasteiger partial charge in [0.15, 0.2) is 11.5 Å². The van der Waals surface area contributed by atoms with Crippen molar-refractivity contribution in [2.75, 3.05) is 19.8 Å². The van der Waals surface area contributed by atoms with Crippen LogP contribution in [-0.2, 0) is 26.1 Å². The van der Waals surface area contributed by atoms with Crippen LogP contribution in [0.5, 0.6) is 11.5 Å². The van der Waals surface area contributed by atoms with Crippen LogP contribution in [0.2, 0.25) is 5.02 Å². The second-order valence-corrected chi connectivity index (χ2v) is 9.31. The van der Waals surface area contributed by atoms with Gasteiger partial charge in [-0.2, -0.15) is 8.42 Å². The molecule has 30 heavy (non-hydrogen) atoms. The number of carbonyl (C=O) groups is 1. The molecule has 8 nitrogen and oxygen atoms in total. The zero-order valence-corrected chi connectivity index (χ0v) is 18.2. The highest BCUT2D eigenvalue weighted by molar-refractivity contribution is 7.90. The van der Waals surface area contributed by atoms with E-state index >= 15 is 0 Å². The van der Waals surface area contributed by atoms with Crippen LogP contribution in [0, 0.1) is 0 Å². The predicted octanol–water partition coefficient (Wildman–Crippen LogP) is 2.98. The normalized spacial score (nSPS) is 14.1. The smallest absolute Gasteiger partial charge is 0.326 e. The summed E-state index contributed by atoms with van der Waals surface area (Å²) in [6.07, 6.45) is 0. The molecule has 11 heteroatoms. The standard InChI is InChI=1S/C19H17ClN2O6S2/c1-2-26-18(23)11-22-14-9-15-16(28-8-7-27-15)10-17(14)29-19(22)21-30(24,25)13-5-3-12(20)4-6-13/h3-6,9-10H,2,7-8,11H2,1H3/b21-19-. The lowest BCUT2D eigenvalue weighted by atomic mass is 10.2. The van der Waals surface area contributed by atoms with Crippen molar-refractivity contribution in [1.29, 1.82) is 0 Å². The van der Waals surface area contributed by atoms with Crippen LogP contribution in [0.25, 0.3) is 10.2 Å². The molecule has 0 fully saturated rings. The number of esters is 1. The first-order valence-electron chi connectivity index (χ1n) is 9.02.